The molecule has 1 aromatic rings. The Bertz CT molecular complexity index is 292. The lowest BCUT2D eigenvalue weighted by Crippen LogP contribution is -2.14. The van der Waals surface area contributed by atoms with Crippen LogP contribution in [0.2, 0.25) is 0 Å². The van der Waals surface area contributed by atoms with Gasteiger partial charge in [-0.15, -0.1) is 0 Å². The molecule has 0 saturated carbocycles. The summed E-state index contributed by atoms with van der Waals surface area (Å²) in [5, 5.41) is 7.13. The predicted octanol–water partition coefficient (Wildman–Crippen LogP) is 0.256. The van der Waals surface area contributed by atoms with Crippen LogP contribution < -0.4 is 11.5 Å². The van der Waals surface area contributed by atoms with Crippen LogP contribution >= 0.6 is 0 Å². The van der Waals surface area contributed by atoms with Crippen molar-refractivity contribution in [2.75, 3.05) is 5.73 Å². The molecule has 0 aromatic carbocycles. The highest BCUT2D eigenvalue weighted by molar-refractivity contribution is 5.99. The van der Waals surface area contributed by atoms with E-state index in [9.17, 15) is 0 Å². The second-order valence-corrected chi connectivity index (χ2v) is 2.33. The zero-order chi connectivity index (χ0) is 8.43. The fraction of sp³-hybridized carbons (Fsp3) is 0.143. The summed E-state index contributed by atoms with van der Waals surface area (Å²) in [5.41, 5.74) is 12.8. The number of nitrogens with one attached hydrogen (secondary N) is 1. The summed E-state index contributed by atoms with van der Waals surface area (Å²) in [7, 11) is 0. The van der Waals surface area contributed by atoms with Gasteiger partial charge in [0.15, 0.2) is 0 Å². The van der Waals surface area contributed by atoms with E-state index in [0.29, 0.717) is 11.3 Å². The van der Waals surface area contributed by atoms with Crippen molar-refractivity contribution in [2.45, 2.75) is 6.92 Å². The van der Waals surface area contributed by atoms with Gasteiger partial charge in [-0.05, 0) is 12.5 Å². The first-order valence-corrected chi connectivity index (χ1v) is 3.17. The van der Waals surface area contributed by atoms with Crippen molar-refractivity contribution in [2.24, 2.45) is 5.73 Å². The average Bonchev–Trinajstić information content (AvgIpc) is 1.94. The maximum Gasteiger partial charge on any atom is 0.126 e. The molecule has 0 radical (unpaired) electrons. The van der Waals surface area contributed by atoms with Crippen molar-refractivity contribution in [1.82, 2.24) is 4.98 Å². The number of aryl methyl sites for hydroxylation is 1. The number of pyridine rings is 1. The summed E-state index contributed by atoms with van der Waals surface area (Å²) in [6.45, 7) is 1.83. The molecule has 5 N–H and O–H groups in total. The molecule has 58 valence electrons. The molecule has 0 spiro atoms. The first kappa shape index (κ1) is 7.53. The molecule has 4 nitrogen and oxygen atoms in total. The molecule has 0 saturated heterocycles. The second-order valence-electron chi connectivity index (χ2n) is 2.33. The summed E-state index contributed by atoms with van der Waals surface area (Å²) in [6.07, 6.45) is 3.13. The van der Waals surface area contributed by atoms with Crippen LogP contribution in [0.4, 0.5) is 5.69 Å². The van der Waals surface area contributed by atoms with Gasteiger partial charge in [0.25, 0.3) is 0 Å². The van der Waals surface area contributed by atoms with E-state index in [1.807, 2.05) is 6.92 Å². The largest absolute Gasteiger partial charge is 0.398 e. The number of anilines is 1. The minimum Gasteiger partial charge on any atom is -0.398 e. The van der Waals surface area contributed by atoms with E-state index in [1.54, 1.807) is 6.20 Å². The topological polar surface area (TPSA) is 88.8 Å². The van der Waals surface area contributed by atoms with Crippen molar-refractivity contribution in [3.63, 3.8) is 0 Å². The second kappa shape index (κ2) is 2.57. The summed E-state index contributed by atoms with van der Waals surface area (Å²) in [5.74, 6) is -0.0429. The first-order valence-electron chi connectivity index (χ1n) is 3.17. The number of aromatic nitrogens is 1. The lowest BCUT2D eigenvalue weighted by molar-refractivity contribution is 1.25. The number of rotatable bonds is 1. The molecule has 1 rings (SSSR count). The van der Waals surface area contributed by atoms with Gasteiger partial charge in [0.1, 0.15) is 5.84 Å². The molecular formula is C7H10N4. The van der Waals surface area contributed by atoms with Gasteiger partial charge in [-0.3, -0.25) is 10.4 Å². The first-order chi connectivity index (χ1) is 5.13. The van der Waals surface area contributed by atoms with Gasteiger partial charge in [0, 0.05) is 18.1 Å². The normalized spacial score (nSPS) is 9.55. The van der Waals surface area contributed by atoms with E-state index in [0.717, 1.165) is 5.56 Å². The average molecular weight is 150 g/mol. The summed E-state index contributed by atoms with van der Waals surface area (Å²) in [6, 6.07) is 0. The summed E-state index contributed by atoms with van der Waals surface area (Å²) >= 11 is 0. The molecular weight excluding hydrogens is 140 g/mol. The highest BCUT2D eigenvalue weighted by Gasteiger charge is 2.03. The number of nitrogens with zero attached hydrogens (tertiary/aromatic N) is 1. The van der Waals surface area contributed by atoms with Crippen LogP contribution in [-0.2, 0) is 0 Å². The number of nitrogens with two attached hydrogens (primary N) is 2. The zero-order valence-corrected chi connectivity index (χ0v) is 6.26. The molecule has 0 atom stereocenters. The maximum atomic E-state index is 7.13. The molecule has 11 heavy (non-hydrogen) atoms. The predicted molar refractivity (Wildman–Crippen MR) is 44.4 cm³/mol. The van der Waals surface area contributed by atoms with Crippen molar-refractivity contribution < 1.29 is 0 Å². The van der Waals surface area contributed by atoms with Crippen LogP contribution in [0.15, 0.2) is 12.4 Å². The van der Waals surface area contributed by atoms with E-state index < -0.39 is 0 Å². The highest BCUT2D eigenvalue weighted by atomic mass is 14.8. The van der Waals surface area contributed by atoms with E-state index >= 15 is 0 Å². The Morgan fingerprint density at radius 2 is 2.18 bits per heavy atom. The standard InChI is InChI=1S/C7H10N4/c1-4-2-11-3-5(6(4)8)7(9)10/h2-3H,1H3,(H2,8,11)(H3,9,10). The van der Waals surface area contributed by atoms with E-state index in [4.69, 9.17) is 16.9 Å². The van der Waals surface area contributed by atoms with Crippen molar-refractivity contribution in [3.8, 4) is 0 Å². The number of amidine groups is 1. The van der Waals surface area contributed by atoms with Crippen LogP contribution in [-0.4, -0.2) is 10.8 Å². The van der Waals surface area contributed by atoms with E-state index in [2.05, 4.69) is 4.98 Å². The Morgan fingerprint density at radius 3 is 2.64 bits per heavy atom. The number of hydrogen-bond acceptors (Lipinski definition) is 3. The number of nitrogen functional groups attached to an aromatic ring is 2. The monoisotopic (exact) mass is 150 g/mol. The van der Waals surface area contributed by atoms with Crippen molar-refractivity contribution in [3.05, 3.63) is 23.5 Å². The van der Waals surface area contributed by atoms with E-state index in [-0.39, 0.29) is 5.84 Å². The molecule has 1 heterocycles. The molecule has 0 bridgehead atoms. The minimum atomic E-state index is -0.0429. The third-order valence-electron chi connectivity index (χ3n) is 1.48. The Labute approximate surface area is 64.7 Å². The maximum absolute atomic E-state index is 7.13. The van der Waals surface area contributed by atoms with Gasteiger partial charge in [0.2, 0.25) is 0 Å². The zero-order valence-electron chi connectivity index (χ0n) is 6.26. The van der Waals surface area contributed by atoms with E-state index in [1.165, 1.54) is 6.20 Å². The van der Waals surface area contributed by atoms with Crippen LogP contribution in [0.25, 0.3) is 0 Å². The third kappa shape index (κ3) is 1.29. The summed E-state index contributed by atoms with van der Waals surface area (Å²) in [4.78, 5) is 3.87. The quantitative estimate of drug-likeness (QED) is 0.396. The lowest BCUT2D eigenvalue weighted by atomic mass is 10.1. The van der Waals surface area contributed by atoms with Gasteiger partial charge >= 0.3 is 0 Å². The lowest BCUT2D eigenvalue weighted by Gasteiger charge is -2.04. The molecule has 0 unspecified atom stereocenters. The van der Waals surface area contributed by atoms with Crippen LogP contribution in [0, 0.1) is 12.3 Å². The molecule has 0 aliphatic heterocycles. The van der Waals surface area contributed by atoms with Gasteiger partial charge in [-0.1, -0.05) is 0 Å². The van der Waals surface area contributed by atoms with Gasteiger partial charge < -0.3 is 11.5 Å². The Kier molecular flexibility index (Phi) is 1.76. The minimum absolute atomic E-state index is 0.0429. The van der Waals surface area contributed by atoms with Gasteiger partial charge in [-0.25, -0.2) is 0 Å². The third-order valence-corrected chi connectivity index (χ3v) is 1.48. The van der Waals surface area contributed by atoms with Gasteiger partial charge in [0.05, 0.1) is 5.56 Å². The van der Waals surface area contributed by atoms with Crippen LogP contribution in [0.1, 0.15) is 11.1 Å². The van der Waals surface area contributed by atoms with Crippen molar-refractivity contribution >= 4 is 11.5 Å². The summed E-state index contributed by atoms with van der Waals surface area (Å²) < 4.78 is 0. The Morgan fingerprint density at radius 1 is 1.55 bits per heavy atom. The van der Waals surface area contributed by atoms with Crippen LogP contribution in [0.3, 0.4) is 0 Å². The molecule has 1 aromatic heterocycles. The smallest absolute Gasteiger partial charge is 0.126 e. The fourth-order valence-electron chi connectivity index (χ4n) is 0.790. The Hall–Kier alpha value is -1.58. The molecule has 0 amide bonds. The number of hydrogen-bond donors (Lipinski definition) is 3. The van der Waals surface area contributed by atoms with Crippen LogP contribution in [0.5, 0.6) is 0 Å². The fourth-order valence-corrected chi connectivity index (χ4v) is 0.790. The Balaban J connectivity index is 3.27. The van der Waals surface area contributed by atoms with Crippen molar-refractivity contribution in [1.29, 1.82) is 5.41 Å². The molecule has 0 aliphatic carbocycles. The highest BCUT2D eigenvalue weighted by Crippen LogP contribution is 2.13. The SMILES string of the molecule is Cc1cncc(C(=N)N)c1N. The van der Waals surface area contributed by atoms with Gasteiger partial charge in [-0.2, -0.15) is 0 Å². The molecule has 0 fully saturated rings. The molecule has 4 heteroatoms. The molecule has 0 aliphatic rings.